The SMILES string of the molecule is C=CC(=O)N1CCN(c2c(C#N)c(=O)n(C3=C(C)CCN=C3C(C)C)c3nc(-c4c(F)c(O)c(Cl)c(Cl)c4F)c(Cl)cc23)CC1. The third-order valence-electron chi connectivity index (χ3n) is 7.93. The van der Waals surface area contributed by atoms with E-state index in [1.54, 1.807) is 9.80 Å². The number of allylic oxidation sites excluding steroid dienone is 1. The van der Waals surface area contributed by atoms with Crippen LogP contribution in [0, 0.1) is 28.9 Å². The molecule has 4 heterocycles. The number of nitriles is 1. The molecule has 0 radical (unpaired) electrons. The van der Waals surface area contributed by atoms with E-state index in [1.807, 2.05) is 20.8 Å². The van der Waals surface area contributed by atoms with Crippen LogP contribution in [0.15, 0.2) is 34.1 Å². The number of hydrogen-bond acceptors (Lipinski definition) is 7. The number of piperazine rings is 1. The quantitative estimate of drug-likeness (QED) is 0.189. The molecule has 234 valence electrons. The number of phenols is 1. The van der Waals surface area contributed by atoms with Crippen molar-refractivity contribution in [3.8, 4) is 23.1 Å². The fraction of sp³-hybridized carbons (Fsp3) is 0.323. The number of phenolic OH excluding ortho intramolecular Hbond substituents is 1. The first kappa shape index (κ1) is 32.4. The number of dihydropyridines is 1. The Balaban J connectivity index is 1.90. The first-order valence-electron chi connectivity index (χ1n) is 14.0. The zero-order chi connectivity index (χ0) is 32.9. The smallest absolute Gasteiger partial charge is 0.276 e. The fourth-order valence-electron chi connectivity index (χ4n) is 5.71. The van der Waals surface area contributed by atoms with Crippen LogP contribution in [0.1, 0.15) is 32.8 Å². The maximum atomic E-state index is 15.5. The molecule has 0 aliphatic carbocycles. The van der Waals surface area contributed by atoms with Gasteiger partial charge < -0.3 is 14.9 Å². The predicted octanol–water partition coefficient (Wildman–Crippen LogP) is 6.45. The standard InChI is InChI=1S/C31H27Cl3F2N6O3/c1-5-19(43)40-8-10-41(11-9-40)28-16-12-18(32)26(20-23(35)21(33)22(34)29(44)24(20)36)39-30(16)42(31(45)17(28)13-37)27-15(4)6-7-38-25(27)14(2)3/h5,12,14,44H,1,6-11H2,2-4H3. The summed E-state index contributed by atoms with van der Waals surface area (Å²) < 4.78 is 32.2. The highest BCUT2D eigenvalue weighted by Crippen LogP contribution is 2.45. The highest BCUT2D eigenvalue weighted by molar-refractivity contribution is 6.43. The molecule has 2 aliphatic heterocycles. The van der Waals surface area contributed by atoms with E-state index in [-0.39, 0.29) is 65.3 Å². The van der Waals surface area contributed by atoms with Crippen LogP contribution in [-0.2, 0) is 4.79 Å². The molecule has 1 fully saturated rings. The Bertz CT molecular complexity index is 1930. The lowest BCUT2D eigenvalue weighted by Crippen LogP contribution is -2.49. The molecule has 45 heavy (non-hydrogen) atoms. The van der Waals surface area contributed by atoms with Crippen molar-refractivity contribution >= 4 is 68.8 Å². The number of amides is 1. The second-order valence-corrected chi connectivity index (χ2v) is 12.1. The Hall–Kier alpha value is -3.98. The molecular formula is C31H27Cl3F2N6O3. The van der Waals surface area contributed by atoms with E-state index in [0.717, 1.165) is 5.57 Å². The second-order valence-electron chi connectivity index (χ2n) is 11.0. The lowest BCUT2D eigenvalue weighted by atomic mass is 9.96. The van der Waals surface area contributed by atoms with Gasteiger partial charge in [-0.3, -0.25) is 19.1 Å². The van der Waals surface area contributed by atoms with E-state index in [9.17, 15) is 20.0 Å². The van der Waals surface area contributed by atoms with Gasteiger partial charge >= 0.3 is 0 Å². The van der Waals surface area contributed by atoms with Crippen molar-refractivity contribution in [2.75, 3.05) is 37.6 Å². The summed E-state index contributed by atoms with van der Waals surface area (Å²) >= 11 is 18.5. The molecular weight excluding hydrogens is 649 g/mol. The van der Waals surface area contributed by atoms with Gasteiger partial charge in [0.25, 0.3) is 5.56 Å². The lowest BCUT2D eigenvalue weighted by molar-refractivity contribution is -0.126. The number of anilines is 1. The van der Waals surface area contributed by atoms with Crippen molar-refractivity contribution in [1.29, 1.82) is 5.26 Å². The molecule has 5 rings (SSSR count). The van der Waals surface area contributed by atoms with Crippen molar-refractivity contribution in [3.05, 3.63) is 66.9 Å². The maximum absolute atomic E-state index is 15.5. The molecule has 1 N–H and O–H groups in total. The molecule has 2 aliphatic rings. The number of nitrogens with zero attached hydrogens (tertiary/aromatic N) is 6. The Labute approximate surface area is 272 Å². The summed E-state index contributed by atoms with van der Waals surface area (Å²) in [5, 5.41) is 19.2. The number of aromatic nitrogens is 2. The predicted molar refractivity (Wildman–Crippen MR) is 172 cm³/mol. The Morgan fingerprint density at radius 2 is 1.82 bits per heavy atom. The van der Waals surface area contributed by atoms with Crippen LogP contribution in [0.5, 0.6) is 5.75 Å². The summed E-state index contributed by atoms with van der Waals surface area (Å²) in [5.74, 6) is -4.24. The molecule has 1 aromatic carbocycles. The molecule has 0 bridgehead atoms. The van der Waals surface area contributed by atoms with E-state index in [4.69, 9.17) is 34.8 Å². The van der Waals surface area contributed by atoms with Gasteiger partial charge in [-0.25, -0.2) is 13.8 Å². The Morgan fingerprint density at radius 3 is 2.42 bits per heavy atom. The van der Waals surface area contributed by atoms with Crippen LogP contribution in [-0.4, -0.2) is 63.9 Å². The minimum Gasteiger partial charge on any atom is -0.504 e. The topological polar surface area (TPSA) is 115 Å². The minimum absolute atomic E-state index is 0.0491. The largest absolute Gasteiger partial charge is 0.504 e. The summed E-state index contributed by atoms with van der Waals surface area (Å²) in [6.45, 7) is 10.8. The average Bonchev–Trinajstić information content (AvgIpc) is 3.02. The number of carbonyl (C=O) groups is 1. The van der Waals surface area contributed by atoms with Gasteiger partial charge in [0.2, 0.25) is 5.91 Å². The molecule has 0 atom stereocenters. The van der Waals surface area contributed by atoms with Crippen LogP contribution < -0.4 is 10.5 Å². The van der Waals surface area contributed by atoms with Crippen molar-refractivity contribution in [1.82, 2.24) is 14.5 Å². The van der Waals surface area contributed by atoms with E-state index < -0.39 is 44.2 Å². The normalized spacial score (nSPS) is 15.5. The summed E-state index contributed by atoms with van der Waals surface area (Å²) in [6, 6.07) is 3.42. The molecule has 2 aromatic heterocycles. The van der Waals surface area contributed by atoms with Crippen LogP contribution >= 0.6 is 34.8 Å². The third-order valence-corrected chi connectivity index (χ3v) is 9.04. The van der Waals surface area contributed by atoms with Crippen molar-refractivity contribution in [2.24, 2.45) is 10.9 Å². The zero-order valence-corrected chi connectivity index (χ0v) is 26.8. The summed E-state index contributed by atoms with van der Waals surface area (Å²) in [5.41, 5.74) is -0.219. The zero-order valence-electron chi connectivity index (χ0n) is 24.5. The van der Waals surface area contributed by atoms with Crippen molar-refractivity contribution in [2.45, 2.75) is 27.2 Å². The lowest BCUT2D eigenvalue weighted by Gasteiger charge is -2.37. The number of rotatable bonds is 5. The van der Waals surface area contributed by atoms with Gasteiger partial charge in [-0.15, -0.1) is 0 Å². The van der Waals surface area contributed by atoms with Crippen molar-refractivity contribution in [3.63, 3.8) is 0 Å². The number of carbonyl (C=O) groups excluding carboxylic acids is 1. The van der Waals surface area contributed by atoms with Gasteiger partial charge in [-0.05, 0) is 37.0 Å². The second kappa shape index (κ2) is 12.4. The number of aliphatic imine (C=N–C) groups is 1. The Kier molecular flexibility index (Phi) is 8.95. The first-order valence-corrected chi connectivity index (χ1v) is 15.1. The molecule has 1 saturated heterocycles. The monoisotopic (exact) mass is 674 g/mol. The van der Waals surface area contributed by atoms with Crippen LogP contribution in [0.3, 0.4) is 0 Å². The molecule has 0 unspecified atom stereocenters. The molecule has 14 heteroatoms. The van der Waals surface area contributed by atoms with Gasteiger partial charge in [0.05, 0.1) is 38.4 Å². The fourth-order valence-corrected chi connectivity index (χ4v) is 6.30. The highest BCUT2D eigenvalue weighted by atomic mass is 35.5. The van der Waals surface area contributed by atoms with Gasteiger partial charge in [-0.1, -0.05) is 55.2 Å². The molecule has 1 amide bonds. The summed E-state index contributed by atoms with van der Waals surface area (Å²) in [6.07, 6.45) is 1.73. The number of aromatic hydroxyl groups is 1. The molecule has 0 saturated carbocycles. The average molecular weight is 676 g/mol. The van der Waals surface area contributed by atoms with Crippen molar-refractivity contribution < 1.29 is 18.7 Å². The number of hydrogen-bond donors (Lipinski definition) is 1. The van der Waals surface area contributed by atoms with E-state index >= 15 is 8.78 Å². The van der Waals surface area contributed by atoms with E-state index in [0.29, 0.717) is 24.4 Å². The molecule has 9 nitrogen and oxygen atoms in total. The van der Waals surface area contributed by atoms with Gasteiger partial charge in [-0.2, -0.15) is 5.26 Å². The summed E-state index contributed by atoms with van der Waals surface area (Å²) in [7, 11) is 0. The number of pyridine rings is 2. The summed E-state index contributed by atoms with van der Waals surface area (Å²) in [4.78, 5) is 39.2. The van der Waals surface area contributed by atoms with E-state index in [2.05, 4.69) is 22.6 Å². The van der Waals surface area contributed by atoms with Crippen LogP contribution in [0.25, 0.3) is 28.0 Å². The Morgan fingerprint density at radius 1 is 1.16 bits per heavy atom. The minimum atomic E-state index is -1.45. The van der Waals surface area contributed by atoms with Gasteiger partial charge in [0.1, 0.15) is 22.3 Å². The number of halogens is 5. The number of fused-ring (bicyclic) bond motifs is 1. The van der Waals surface area contributed by atoms with Crippen LogP contribution in [0.2, 0.25) is 15.1 Å². The first-order chi connectivity index (χ1) is 21.3. The molecule has 3 aromatic rings. The molecule has 0 spiro atoms. The highest BCUT2D eigenvalue weighted by Gasteiger charge is 2.32. The van der Waals surface area contributed by atoms with E-state index in [1.165, 1.54) is 16.7 Å². The maximum Gasteiger partial charge on any atom is 0.276 e. The number of benzene rings is 1. The van der Waals surface area contributed by atoms with Gasteiger partial charge in [0.15, 0.2) is 17.4 Å². The van der Waals surface area contributed by atoms with Gasteiger partial charge in [0, 0.05) is 38.1 Å². The van der Waals surface area contributed by atoms with Crippen LogP contribution in [0.4, 0.5) is 14.5 Å². The third kappa shape index (κ3) is 5.35.